The molecule has 160 valence electrons. The highest BCUT2D eigenvalue weighted by molar-refractivity contribution is 6.39. The number of hydrogen-bond donors (Lipinski definition) is 2. The summed E-state index contributed by atoms with van der Waals surface area (Å²) in [7, 11) is 1.52. The molecule has 0 spiro atoms. The number of anilines is 1. The molecule has 0 saturated heterocycles. The number of hydrogen-bond acceptors (Lipinski definition) is 3. The van der Waals surface area contributed by atoms with Crippen molar-refractivity contribution < 1.29 is 27.5 Å². The highest BCUT2D eigenvalue weighted by Crippen LogP contribution is 2.22. The SMILES string of the molecule is COc1ccc(C(Cc2ccc(F)cc2)NC(=O)C(=O)Nc2ccc(F)c(F)c2)cc1. The summed E-state index contributed by atoms with van der Waals surface area (Å²) in [5, 5.41) is 4.86. The largest absolute Gasteiger partial charge is 0.497 e. The van der Waals surface area contributed by atoms with Crippen LogP contribution in [0.5, 0.6) is 5.75 Å². The number of ether oxygens (including phenoxy) is 1. The summed E-state index contributed by atoms with van der Waals surface area (Å²) in [6.07, 6.45) is 0.288. The maximum Gasteiger partial charge on any atom is 0.313 e. The van der Waals surface area contributed by atoms with Gasteiger partial charge in [-0.25, -0.2) is 13.2 Å². The van der Waals surface area contributed by atoms with Crippen molar-refractivity contribution in [1.29, 1.82) is 0 Å². The summed E-state index contributed by atoms with van der Waals surface area (Å²) >= 11 is 0. The monoisotopic (exact) mass is 428 g/mol. The summed E-state index contributed by atoms with van der Waals surface area (Å²) < 4.78 is 44.7. The van der Waals surface area contributed by atoms with Gasteiger partial charge < -0.3 is 15.4 Å². The quantitative estimate of drug-likeness (QED) is 0.580. The van der Waals surface area contributed by atoms with E-state index in [2.05, 4.69) is 10.6 Å². The van der Waals surface area contributed by atoms with E-state index in [0.717, 1.165) is 23.8 Å². The van der Waals surface area contributed by atoms with Crippen LogP contribution in [0.4, 0.5) is 18.9 Å². The third-order valence-corrected chi connectivity index (χ3v) is 4.56. The summed E-state index contributed by atoms with van der Waals surface area (Å²) in [5.41, 5.74) is 1.38. The minimum Gasteiger partial charge on any atom is -0.497 e. The topological polar surface area (TPSA) is 67.4 Å². The first kappa shape index (κ1) is 21.9. The third kappa shape index (κ3) is 5.85. The Morgan fingerprint density at radius 3 is 2.16 bits per heavy atom. The van der Waals surface area contributed by atoms with E-state index in [0.29, 0.717) is 11.3 Å². The lowest BCUT2D eigenvalue weighted by Crippen LogP contribution is -2.38. The molecule has 0 radical (unpaired) electrons. The minimum absolute atomic E-state index is 0.0569. The molecule has 2 N–H and O–H groups in total. The summed E-state index contributed by atoms with van der Waals surface area (Å²) in [4.78, 5) is 24.7. The van der Waals surface area contributed by atoms with Crippen LogP contribution in [0.25, 0.3) is 0 Å². The molecule has 0 aromatic heterocycles. The molecule has 1 unspecified atom stereocenters. The predicted molar refractivity (Wildman–Crippen MR) is 109 cm³/mol. The van der Waals surface area contributed by atoms with Gasteiger partial charge in [-0.3, -0.25) is 9.59 Å². The van der Waals surface area contributed by atoms with Gasteiger partial charge in [-0.15, -0.1) is 0 Å². The molecule has 0 bridgehead atoms. The number of nitrogens with one attached hydrogen (secondary N) is 2. The van der Waals surface area contributed by atoms with Crippen molar-refractivity contribution in [2.24, 2.45) is 0 Å². The number of methoxy groups -OCH3 is 1. The highest BCUT2D eigenvalue weighted by atomic mass is 19.2. The molecular weight excluding hydrogens is 409 g/mol. The summed E-state index contributed by atoms with van der Waals surface area (Å²) in [6.45, 7) is 0. The molecule has 0 aliphatic heterocycles. The standard InChI is InChI=1S/C23H19F3N2O3/c1-31-18-9-4-15(5-10-18)21(12-14-2-6-16(24)7-3-14)28-23(30)22(29)27-17-8-11-19(25)20(26)13-17/h2-11,13,21H,12H2,1H3,(H,27,29)(H,28,30). The van der Waals surface area contributed by atoms with E-state index in [-0.39, 0.29) is 17.9 Å². The van der Waals surface area contributed by atoms with Crippen LogP contribution in [-0.4, -0.2) is 18.9 Å². The van der Waals surface area contributed by atoms with Crippen molar-refractivity contribution in [3.63, 3.8) is 0 Å². The first-order valence-corrected chi connectivity index (χ1v) is 9.31. The second-order valence-electron chi connectivity index (χ2n) is 6.71. The van der Waals surface area contributed by atoms with Crippen molar-refractivity contribution in [3.05, 3.63) is 95.3 Å². The fourth-order valence-corrected chi connectivity index (χ4v) is 2.93. The predicted octanol–water partition coefficient (Wildman–Crippen LogP) is 4.15. The van der Waals surface area contributed by atoms with Gasteiger partial charge in [0.25, 0.3) is 0 Å². The zero-order valence-electron chi connectivity index (χ0n) is 16.5. The Labute approximate surface area is 176 Å². The molecule has 1 atom stereocenters. The molecule has 5 nitrogen and oxygen atoms in total. The van der Waals surface area contributed by atoms with Crippen LogP contribution in [0.15, 0.2) is 66.7 Å². The number of carbonyl (C=O) groups is 2. The van der Waals surface area contributed by atoms with Crippen LogP contribution in [0, 0.1) is 17.5 Å². The minimum atomic E-state index is -1.15. The first-order valence-electron chi connectivity index (χ1n) is 9.31. The average molecular weight is 428 g/mol. The van der Waals surface area contributed by atoms with E-state index in [4.69, 9.17) is 4.74 Å². The Hall–Kier alpha value is -3.81. The molecule has 0 aliphatic rings. The Kier molecular flexibility index (Phi) is 6.92. The number of rotatable bonds is 6. The molecule has 3 rings (SSSR count). The van der Waals surface area contributed by atoms with Crippen LogP contribution in [0.1, 0.15) is 17.2 Å². The van der Waals surface area contributed by atoms with Gasteiger partial charge in [-0.05, 0) is 53.9 Å². The van der Waals surface area contributed by atoms with E-state index < -0.39 is 29.5 Å². The van der Waals surface area contributed by atoms with Crippen LogP contribution in [0.3, 0.4) is 0 Å². The lowest BCUT2D eigenvalue weighted by molar-refractivity contribution is -0.136. The highest BCUT2D eigenvalue weighted by Gasteiger charge is 2.21. The van der Waals surface area contributed by atoms with Crippen molar-refractivity contribution in [2.75, 3.05) is 12.4 Å². The number of amides is 2. The van der Waals surface area contributed by atoms with Gasteiger partial charge in [0.15, 0.2) is 11.6 Å². The third-order valence-electron chi connectivity index (χ3n) is 4.56. The van der Waals surface area contributed by atoms with Crippen molar-refractivity contribution in [2.45, 2.75) is 12.5 Å². The van der Waals surface area contributed by atoms with Crippen LogP contribution in [0.2, 0.25) is 0 Å². The van der Waals surface area contributed by atoms with E-state index in [9.17, 15) is 22.8 Å². The molecule has 3 aromatic carbocycles. The van der Waals surface area contributed by atoms with Crippen molar-refractivity contribution in [1.82, 2.24) is 5.32 Å². The van der Waals surface area contributed by atoms with Crippen molar-refractivity contribution >= 4 is 17.5 Å². The Morgan fingerprint density at radius 1 is 0.871 bits per heavy atom. The van der Waals surface area contributed by atoms with Crippen LogP contribution in [-0.2, 0) is 16.0 Å². The number of carbonyl (C=O) groups excluding carboxylic acids is 2. The second-order valence-corrected chi connectivity index (χ2v) is 6.71. The van der Waals surface area contributed by atoms with E-state index in [1.165, 1.54) is 19.2 Å². The smallest absolute Gasteiger partial charge is 0.313 e. The number of benzene rings is 3. The van der Waals surface area contributed by atoms with Gasteiger partial charge in [0, 0.05) is 11.8 Å². The van der Waals surface area contributed by atoms with Gasteiger partial charge in [0.05, 0.1) is 13.2 Å². The van der Waals surface area contributed by atoms with Gasteiger partial charge in [0.2, 0.25) is 0 Å². The Morgan fingerprint density at radius 2 is 1.55 bits per heavy atom. The van der Waals surface area contributed by atoms with Gasteiger partial charge >= 0.3 is 11.8 Å². The average Bonchev–Trinajstić information content (AvgIpc) is 2.77. The van der Waals surface area contributed by atoms with E-state index in [1.54, 1.807) is 36.4 Å². The molecule has 0 heterocycles. The van der Waals surface area contributed by atoms with Gasteiger partial charge in [0.1, 0.15) is 11.6 Å². The molecule has 0 saturated carbocycles. The molecule has 0 aliphatic carbocycles. The normalized spacial score (nSPS) is 11.5. The van der Waals surface area contributed by atoms with E-state index in [1.807, 2.05) is 0 Å². The summed E-state index contributed by atoms with van der Waals surface area (Å²) in [5.74, 6) is -3.99. The lowest BCUT2D eigenvalue weighted by atomic mass is 9.98. The molecule has 0 fully saturated rings. The fourth-order valence-electron chi connectivity index (χ4n) is 2.93. The maximum atomic E-state index is 13.3. The second kappa shape index (κ2) is 9.80. The first-order chi connectivity index (χ1) is 14.9. The van der Waals surface area contributed by atoms with E-state index >= 15 is 0 Å². The van der Waals surface area contributed by atoms with Crippen LogP contribution < -0.4 is 15.4 Å². The molecule has 2 amide bonds. The Bertz CT molecular complexity index is 1070. The fraction of sp³-hybridized carbons (Fsp3) is 0.130. The molecular formula is C23H19F3N2O3. The van der Waals surface area contributed by atoms with Gasteiger partial charge in [-0.2, -0.15) is 0 Å². The number of halogens is 3. The zero-order valence-corrected chi connectivity index (χ0v) is 16.5. The summed E-state index contributed by atoms with van der Waals surface area (Å²) in [6, 6.07) is 14.8. The molecule has 8 heteroatoms. The Balaban J connectivity index is 1.77. The van der Waals surface area contributed by atoms with Gasteiger partial charge in [-0.1, -0.05) is 24.3 Å². The van der Waals surface area contributed by atoms with Crippen LogP contribution >= 0.6 is 0 Å². The lowest BCUT2D eigenvalue weighted by Gasteiger charge is -2.20. The molecule has 31 heavy (non-hydrogen) atoms. The molecule has 3 aromatic rings. The van der Waals surface area contributed by atoms with Crippen molar-refractivity contribution in [3.8, 4) is 5.75 Å². The zero-order chi connectivity index (χ0) is 22.4. The maximum absolute atomic E-state index is 13.3.